The van der Waals surface area contributed by atoms with Crippen molar-refractivity contribution in [3.63, 3.8) is 0 Å². The zero-order chi connectivity index (χ0) is 14.3. The summed E-state index contributed by atoms with van der Waals surface area (Å²) in [6, 6.07) is 5.91. The van der Waals surface area contributed by atoms with Crippen LogP contribution in [0.15, 0.2) is 30.6 Å². The van der Waals surface area contributed by atoms with E-state index >= 15 is 0 Å². The molecule has 2 aliphatic rings. The molecular weight excluding hydrogens is 268 g/mol. The van der Waals surface area contributed by atoms with Crippen LogP contribution < -0.4 is 0 Å². The Balaban J connectivity index is 1.60. The van der Waals surface area contributed by atoms with Gasteiger partial charge in [0.25, 0.3) is 0 Å². The number of aliphatic hydroxyl groups excluding tert-OH is 1. The van der Waals surface area contributed by atoms with Crippen LogP contribution in [0.5, 0.6) is 0 Å². The quantitative estimate of drug-likeness (QED) is 0.917. The first kappa shape index (κ1) is 13.2. The van der Waals surface area contributed by atoms with E-state index in [1.165, 1.54) is 0 Å². The van der Waals surface area contributed by atoms with Crippen LogP contribution in [0.1, 0.15) is 30.9 Å². The lowest BCUT2D eigenvalue weighted by Gasteiger charge is -2.38. The van der Waals surface area contributed by atoms with Gasteiger partial charge in [0.05, 0.1) is 30.0 Å². The molecule has 0 saturated carbocycles. The molecule has 0 aliphatic carbocycles. The highest BCUT2D eigenvalue weighted by molar-refractivity contribution is 5.54. The highest BCUT2D eigenvalue weighted by atomic mass is 16.6. The number of nitrogens with zero attached hydrogens (tertiary/aromatic N) is 2. The molecule has 0 radical (unpaired) electrons. The highest BCUT2D eigenvalue weighted by Crippen LogP contribution is 2.41. The average molecular weight is 288 g/mol. The Bertz CT molecular complexity index is 633. The minimum Gasteiger partial charge on any atom is -0.388 e. The van der Waals surface area contributed by atoms with Gasteiger partial charge in [-0.2, -0.15) is 5.10 Å². The van der Waals surface area contributed by atoms with E-state index in [1.807, 2.05) is 28.9 Å². The summed E-state index contributed by atoms with van der Waals surface area (Å²) >= 11 is 0. The molecule has 2 aliphatic heterocycles. The van der Waals surface area contributed by atoms with Crippen LogP contribution in [-0.2, 0) is 9.47 Å². The van der Waals surface area contributed by atoms with Crippen LogP contribution in [0.2, 0.25) is 0 Å². The predicted molar refractivity (Wildman–Crippen MR) is 77.0 cm³/mol. The van der Waals surface area contributed by atoms with Crippen LogP contribution in [0.3, 0.4) is 0 Å². The Morgan fingerprint density at radius 2 is 2.33 bits per heavy atom. The number of pyridine rings is 1. The molecule has 21 heavy (non-hydrogen) atoms. The SMILES string of the molecule is OC(c1cnn2ccccc12)C1CCOC2(CCOC2)C1. The normalized spacial score (nSPS) is 31.0. The van der Waals surface area contributed by atoms with Gasteiger partial charge in [0.1, 0.15) is 0 Å². The van der Waals surface area contributed by atoms with Gasteiger partial charge in [0, 0.05) is 31.4 Å². The van der Waals surface area contributed by atoms with Crippen molar-refractivity contribution in [1.29, 1.82) is 0 Å². The van der Waals surface area contributed by atoms with Crippen LogP contribution in [0.4, 0.5) is 0 Å². The van der Waals surface area contributed by atoms with Crippen molar-refractivity contribution >= 4 is 5.52 Å². The molecule has 2 aromatic heterocycles. The number of aliphatic hydroxyl groups is 1. The van der Waals surface area contributed by atoms with Gasteiger partial charge in [-0.1, -0.05) is 6.07 Å². The molecule has 112 valence electrons. The van der Waals surface area contributed by atoms with Crippen LogP contribution >= 0.6 is 0 Å². The Morgan fingerprint density at radius 1 is 1.38 bits per heavy atom. The van der Waals surface area contributed by atoms with Gasteiger partial charge >= 0.3 is 0 Å². The predicted octanol–water partition coefficient (Wildman–Crippen LogP) is 1.95. The maximum absolute atomic E-state index is 10.8. The molecule has 4 heterocycles. The van der Waals surface area contributed by atoms with Gasteiger partial charge in [-0.05, 0) is 30.9 Å². The minimum atomic E-state index is -0.494. The van der Waals surface area contributed by atoms with E-state index in [4.69, 9.17) is 9.47 Å². The zero-order valence-electron chi connectivity index (χ0n) is 11.9. The number of rotatable bonds is 2. The third-order valence-electron chi connectivity index (χ3n) is 4.82. The van der Waals surface area contributed by atoms with Crippen LogP contribution in [0, 0.1) is 5.92 Å². The molecule has 4 rings (SSSR count). The second-order valence-electron chi connectivity index (χ2n) is 6.16. The summed E-state index contributed by atoms with van der Waals surface area (Å²) < 4.78 is 13.3. The minimum absolute atomic E-state index is 0.174. The van der Waals surface area contributed by atoms with Crippen molar-refractivity contribution in [2.45, 2.75) is 31.0 Å². The molecule has 1 spiro atoms. The molecule has 2 fully saturated rings. The largest absolute Gasteiger partial charge is 0.388 e. The maximum Gasteiger partial charge on any atom is 0.0940 e. The Kier molecular flexibility index (Phi) is 3.21. The van der Waals surface area contributed by atoms with Crippen LogP contribution in [0.25, 0.3) is 5.52 Å². The molecule has 5 heteroatoms. The summed E-state index contributed by atoms with van der Waals surface area (Å²) in [7, 11) is 0. The average Bonchev–Trinajstić information content (AvgIpc) is 3.14. The van der Waals surface area contributed by atoms with Crippen LogP contribution in [-0.4, -0.2) is 40.1 Å². The van der Waals surface area contributed by atoms with Crippen molar-refractivity contribution in [1.82, 2.24) is 9.61 Å². The molecule has 0 bridgehead atoms. The first-order chi connectivity index (χ1) is 10.3. The molecule has 2 saturated heterocycles. The zero-order valence-corrected chi connectivity index (χ0v) is 11.9. The summed E-state index contributed by atoms with van der Waals surface area (Å²) in [5.41, 5.74) is 1.72. The standard InChI is InChI=1S/C16H20N2O3/c19-15(13-10-17-18-6-2-1-3-14(13)18)12-4-7-21-16(9-12)5-8-20-11-16/h1-3,6,10,12,15,19H,4-5,7-9,11H2. The van der Waals surface area contributed by atoms with E-state index in [0.29, 0.717) is 13.2 Å². The Hall–Kier alpha value is -1.43. The molecule has 1 N–H and O–H groups in total. The van der Waals surface area contributed by atoms with Gasteiger partial charge in [0.2, 0.25) is 0 Å². The topological polar surface area (TPSA) is 56.0 Å². The van der Waals surface area contributed by atoms with Crippen molar-refractivity contribution in [3.8, 4) is 0 Å². The molecule has 5 nitrogen and oxygen atoms in total. The first-order valence-corrected chi connectivity index (χ1v) is 7.59. The van der Waals surface area contributed by atoms with Crippen molar-refractivity contribution < 1.29 is 14.6 Å². The molecule has 0 aromatic carbocycles. The van der Waals surface area contributed by atoms with E-state index < -0.39 is 6.10 Å². The lowest BCUT2D eigenvalue weighted by Crippen LogP contribution is -2.41. The number of ether oxygens (including phenoxy) is 2. The van der Waals surface area contributed by atoms with Gasteiger partial charge in [-0.3, -0.25) is 0 Å². The van der Waals surface area contributed by atoms with Gasteiger partial charge < -0.3 is 14.6 Å². The first-order valence-electron chi connectivity index (χ1n) is 7.59. The number of hydrogen-bond donors (Lipinski definition) is 1. The lowest BCUT2D eigenvalue weighted by molar-refractivity contribution is -0.117. The summed E-state index contributed by atoms with van der Waals surface area (Å²) in [4.78, 5) is 0. The van der Waals surface area contributed by atoms with Crippen molar-refractivity contribution in [2.75, 3.05) is 19.8 Å². The third-order valence-corrected chi connectivity index (χ3v) is 4.82. The van der Waals surface area contributed by atoms with Gasteiger partial charge in [0.15, 0.2) is 0 Å². The molecular formula is C16H20N2O3. The molecule has 3 unspecified atom stereocenters. The second-order valence-corrected chi connectivity index (χ2v) is 6.16. The van der Waals surface area contributed by atoms with E-state index in [2.05, 4.69) is 5.10 Å². The summed E-state index contributed by atoms with van der Waals surface area (Å²) in [5.74, 6) is 0.202. The van der Waals surface area contributed by atoms with E-state index in [9.17, 15) is 5.11 Å². The molecule has 3 atom stereocenters. The molecule has 2 aromatic rings. The fourth-order valence-electron chi connectivity index (χ4n) is 3.63. The third kappa shape index (κ3) is 2.25. The monoisotopic (exact) mass is 288 g/mol. The maximum atomic E-state index is 10.8. The van der Waals surface area contributed by atoms with Gasteiger partial charge in [-0.15, -0.1) is 0 Å². The van der Waals surface area contributed by atoms with Crippen molar-refractivity contribution in [3.05, 3.63) is 36.2 Å². The Labute approximate surface area is 123 Å². The fraction of sp³-hybridized carbons (Fsp3) is 0.562. The van der Waals surface area contributed by atoms with Crippen molar-refractivity contribution in [2.24, 2.45) is 5.92 Å². The summed E-state index contributed by atoms with van der Waals surface area (Å²) in [5, 5.41) is 15.2. The second kappa shape index (κ2) is 5.09. The lowest BCUT2D eigenvalue weighted by atomic mass is 9.80. The van der Waals surface area contributed by atoms with E-state index in [0.717, 1.165) is 36.9 Å². The fourth-order valence-corrected chi connectivity index (χ4v) is 3.63. The number of hydrogen-bond acceptors (Lipinski definition) is 4. The highest BCUT2D eigenvalue weighted by Gasteiger charge is 2.43. The smallest absolute Gasteiger partial charge is 0.0940 e. The molecule has 0 amide bonds. The van der Waals surface area contributed by atoms with E-state index in [-0.39, 0.29) is 11.5 Å². The number of fused-ring (bicyclic) bond motifs is 1. The summed E-state index contributed by atoms with van der Waals surface area (Å²) in [6.45, 7) is 2.12. The Morgan fingerprint density at radius 3 is 3.19 bits per heavy atom. The van der Waals surface area contributed by atoms with Gasteiger partial charge in [-0.25, -0.2) is 4.52 Å². The number of aromatic nitrogens is 2. The summed E-state index contributed by atoms with van der Waals surface area (Å²) in [6.07, 6.45) is 5.87. The van der Waals surface area contributed by atoms with E-state index in [1.54, 1.807) is 6.20 Å².